The molecule has 314 valence electrons. The van der Waals surface area contributed by atoms with Crippen LogP contribution in [-0.4, -0.2) is 129 Å². The second-order valence-corrected chi connectivity index (χ2v) is 14.4. The zero-order valence-corrected chi connectivity index (χ0v) is 32.5. The van der Waals surface area contributed by atoms with Gasteiger partial charge in [0.15, 0.2) is 6.04 Å². The highest BCUT2D eigenvalue weighted by molar-refractivity contribution is 5.98. The monoisotopic (exact) mass is 794 g/mol. The molecule has 0 aliphatic carbocycles. The minimum absolute atomic E-state index is 0.0143. The standard InChI is InChI=1S/C36H58N8O12/c1-17(2)12-23(40-32(51)25(39-30(49)22(37)16-45)14-21-10-8-7-9-11-21)31(50)41-26(15-27(38)48)34(53)43-28(19(5)46)35(54)42-24(13-18(3)4)33(52)44-29(20(6)47)36(55)56/h7-11,17-20,22-26,28-29,45-47H,12-16,37H2,1-6H3,(H2,38,48)(H,39,49)(H,40,51)(H,41,50)(H,42,54)(H,43,53)(H,44,52)(H,55,56)/t19-,20-,22+,23+,24+,25+,26+,28+,29+/m1/s1. The van der Waals surface area contributed by atoms with Gasteiger partial charge in [0.2, 0.25) is 41.4 Å². The van der Waals surface area contributed by atoms with E-state index < -0.39 is 115 Å². The van der Waals surface area contributed by atoms with Crippen molar-refractivity contribution in [2.24, 2.45) is 23.3 Å². The summed E-state index contributed by atoms with van der Waals surface area (Å²) in [6.45, 7) is 8.50. The molecule has 56 heavy (non-hydrogen) atoms. The molecule has 7 amide bonds. The Balaban J connectivity index is 3.32. The average molecular weight is 795 g/mol. The van der Waals surface area contributed by atoms with Gasteiger partial charge in [-0.25, -0.2) is 4.79 Å². The van der Waals surface area contributed by atoms with Crippen LogP contribution in [0.2, 0.25) is 0 Å². The van der Waals surface area contributed by atoms with E-state index in [2.05, 4.69) is 31.9 Å². The fourth-order valence-electron chi connectivity index (χ4n) is 5.34. The summed E-state index contributed by atoms with van der Waals surface area (Å²) >= 11 is 0. The van der Waals surface area contributed by atoms with Gasteiger partial charge in [-0.05, 0) is 44.1 Å². The van der Waals surface area contributed by atoms with Gasteiger partial charge in [0.25, 0.3) is 0 Å². The number of aliphatic hydroxyl groups excluding tert-OH is 3. The molecule has 0 aliphatic heterocycles. The number of carbonyl (C=O) groups is 8. The van der Waals surface area contributed by atoms with E-state index in [1.54, 1.807) is 58.0 Å². The maximum absolute atomic E-state index is 13.7. The number of aliphatic carboxylic acids is 1. The van der Waals surface area contributed by atoms with Crippen LogP contribution in [-0.2, 0) is 44.8 Å². The number of rotatable bonds is 24. The third-order valence-electron chi connectivity index (χ3n) is 8.28. The van der Waals surface area contributed by atoms with Crippen LogP contribution in [0.15, 0.2) is 30.3 Å². The summed E-state index contributed by atoms with van der Waals surface area (Å²) in [7, 11) is 0. The molecule has 0 bridgehead atoms. The Morgan fingerprint density at radius 3 is 1.45 bits per heavy atom. The summed E-state index contributed by atoms with van der Waals surface area (Å²) in [5.74, 6) is -8.79. The Labute approximate surface area is 325 Å². The SMILES string of the molecule is CC(C)C[C@H](NC(=O)[C@H](Cc1ccccc1)NC(=O)[C@@H](N)CO)C(=O)N[C@@H](CC(N)=O)C(=O)N[C@H](C(=O)N[C@@H](CC(C)C)C(=O)N[C@H](C(=O)O)[C@@H](C)O)[C@@H](C)O. The van der Waals surface area contributed by atoms with Crippen LogP contribution in [0.3, 0.4) is 0 Å². The molecule has 0 saturated carbocycles. The summed E-state index contributed by atoms with van der Waals surface area (Å²) in [5, 5.41) is 53.2. The molecule has 0 aromatic heterocycles. The second kappa shape index (κ2) is 23.7. The number of carboxylic acid groups (broad SMARTS) is 1. The van der Waals surface area contributed by atoms with Gasteiger partial charge in [-0.3, -0.25) is 33.6 Å². The Morgan fingerprint density at radius 2 is 1.00 bits per heavy atom. The van der Waals surface area contributed by atoms with Crippen molar-refractivity contribution in [2.45, 2.75) is 122 Å². The number of carboxylic acids is 1. The molecule has 20 heteroatoms. The Bertz CT molecular complexity index is 1510. The van der Waals surface area contributed by atoms with Gasteiger partial charge in [-0.1, -0.05) is 58.0 Å². The van der Waals surface area contributed by atoms with E-state index >= 15 is 0 Å². The molecule has 0 heterocycles. The molecular formula is C36H58N8O12. The highest BCUT2D eigenvalue weighted by Gasteiger charge is 2.36. The molecule has 1 aromatic carbocycles. The first kappa shape index (κ1) is 48.8. The van der Waals surface area contributed by atoms with Gasteiger partial charge in [0.05, 0.1) is 25.2 Å². The molecule has 0 fully saturated rings. The number of hydrogen-bond acceptors (Lipinski definition) is 12. The van der Waals surface area contributed by atoms with Crippen molar-refractivity contribution in [3.05, 3.63) is 35.9 Å². The minimum Gasteiger partial charge on any atom is -0.480 e. The minimum atomic E-state index is -1.77. The molecule has 1 aromatic rings. The highest BCUT2D eigenvalue weighted by atomic mass is 16.4. The van der Waals surface area contributed by atoms with Crippen LogP contribution in [0, 0.1) is 11.8 Å². The van der Waals surface area contributed by atoms with Crippen LogP contribution in [0.25, 0.3) is 0 Å². The van der Waals surface area contributed by atoms with E-state index in [0.29, 0.717) is 5.56 Å². The molecule has 9 atom stereocenters. The predicted molar refractivity (Wildman–Crippen MR) is 201 cm³/mol. The van der Waals surface area contributed by atoms with Crippen molar-refractivity contribution in [1.82, 2.24) is 31.9 Å². The lowest BCUT2D eigenvalue weighted by molar-refractivity contribution is -0.145. The molecule has 14 N–H and O–H groups in total. The van der Waals surface area contributed by atoms with Crippen molar-refractivity contribution in [3.8, 4) is 0 Å². The van der Waals surface area contributed by atoms with Gasteiger partial charge >= 0.3 is 5.97 Å². The maximum atomic E-state index is 13.7. The Hall–Kier alpha value is -5.18. The summed E-state index contributed by atoms with van der Waals surface area (Å²) < 4.78 is 0. The lowest BCUT2D eigenvalue weighted by Crippen LogP contribution is -2.62. The first-order chi connectivity index (χ1) is 26.1. The van der Waals surface area contributed by atoms with Crippen LogP contribution in [0.4, 0.5) is 0 Å². The number of nitrogens with two attached hydrogens (primary N) is 2. The molecule has 1 rings (SSSR count). The van der Waals surface area contributed by atoms with Crippen molar-refractivity contribution >= 4 is 47.3 Å². The third kappa shape index (κ3) is 17.1. The summed E-state index contributed by atoms with van der Waals surface area (Å²) in [4.78, 5) is 103. The number of carbonyl (C=O) groups excluding carboxylic acids is 7. The Morgan fingerprint density at radius 1 is 0.589 bits per heavy atom. The van der Waals surface area contributed by atoms with Crippen molar-refractivity contribution in [3.63, 3.8) is 0 Å². The summed E-state index contributed by atoms with van der Waals surface area (Å²) in [6, 6.07) is -1.94. The van der Waals surface area contributed by atoms with Crippen LogP contribution in [0.5, 0.6) is 0 Å². The van der Waals surface area contributed by atoms with Gasteiger partial charge in [0.1, 0.15) is 36.3 Å². The predicted octanol–water partition coefficient (Wildman–Crippen LogP) is -3.73. The molecule has 20 nitrogen and oxygen atoms in total. The van der Waals surface area contributed by atoms with E-state index in [-0.39, 0.29) is 31.1 Å². The maximum Gasteiger partial charge on any atom is 0.328 e. The van der Waals surface area contributed by atoms with Crippen molar-refractivity contribution in [2.75, 3.05) is 6.61 Å². The molecule has 0 spiro atoms. The fourth-order valence-corrected chi connectivity index (χ4v) is 5.34. The van der Waals surface area contributed by atoms with E-state index in [0.717, 1.165) is 13.8 Å². The van der Waals surface area contributed by atoms with Gasteiger partial charge in [0, 0.05) is 6.42 Å². The van der Waals surface area contributed by atoms with Crippen LogP contribution in [0.1, 0.15) is 66.4 Å². The first-order valence-corrected chi connectivity index (χ1v) is 18.2. The van der Waals surface area contributed by atoms with E-state index in [9.17, 15) is 58.8 Å². The molecule has 0 unspecified atom stereocenters. The lowest BCUT2D eigenvalue weighted by Gasteiger charge is -2.29. The lowest BCUT2D eigenvalue weighted by atomic mass is 10.00. The van der Waals surface area contributed by atoms with Gasteiger partial charge in [-0.15, -0.1) is 0 Å². The topological polar surface area (TPSA) is 342 Å². The smallest absolute Gasteiger partial charge is 0.328 e. The van der Waals surface area contributed by atoms with Gasteiger partial charge < -0.3 is 63.8 Å². The normalized spacial score (nSPS) is 16.1. The molecule has 0 radical (unpaired) electrons. The quantitative estimate of drug-likeness (QED) is 0.0480. The first-order valence-electron chi connectivity index (χ1n) is 18.2. The van der Waals surface area contributed by atoms with Crippen LogP contribution >= 0.6 is 0 Å². The number of amides is 7. The molecular weight excluding hydrogens is 736 g/mol. The fraction of sp³-hybridized carbons (Fsp3) is 0.611. The van der Waals surface area contributed by atoms with E-state index in [1.165, 1.54) is 0 Å². The Kier molecular flexibility index (Phi) is 20.6. The third-order valence-corrected chi connectivity index (χ3v) is 8.28. The number of benzene rings is 1. The molecule has 0 saturated heterocycles. The summed E-state index contributed by atoms with van der Waals surface area (Å²) in [5.41, 5.74) is 11.7. The van der Waals surface area contributed by atoms with E-state index in [1.807, 2.05) is 0 Å². The second-order valence-electron chi connectivity index (χ2n) is 14.4. The largest absolute Gasteiger partial charge is 0.480 e. The number of nitrogens with one attached hydrogen (secondary N) is 6. The highest BCUT2D eigenvalue weighted by Crippen LogP contribution is 2.11. The number of primary amides is 1. The zero-order valence-electron chi connectivity index (χ0n) is 32.5. The number of aliphatic hydroxyl groups is 3. The van der Waals surface area contributed by atoms with Crippen molar-refractivity contribution < 1.29 is 58.8 Å². The van der Waals surface area contributed by atoms with Crippen LogP contribution < -0.4 is 43.4 Å². The van der Waals surface area contributed by atoms with E-state index in [4.69, 9.17) is 11.5 Å². The van der Waals surface area contributed by atoms with Gasteiger partial charge in [-0.2, -0.15) is 0 Å². The number of hydrogen-bond donors (Lipinski definition) is 12. The van der Waals surface area contributed by atoms with Crippen molar-refractivity contribution in [1.29, 1.82) is 0 Å². The average Bonchev–Trinajstić information content (AvgIpc) is 3.10. The zero-order chi connectivity index (χ0) is 42.9. The molecule has 0 aliphatic rings. The summed E-state index contributed by atoms with van der Waals surface area (Å²) in [6.07, 6.45) is -3.91.